The van der Waals surface area contributed by atoms with Crippen molar-refractivity contribution in [2.45, 2.75) is 39.8 Å². The van der Waals surface area contributed by atoms with Crippen molar-refractivity contribution in [1.82, 2.24) is 25.2 Å². The summed E-state index contributed by atoms with van der Waals surface area (Å²) in [6.45, 7) is 4.32. The van der Waals surface area contributed by atoms with Gasteiger partial charge in [-0.3, -0.25) is 14.4 Å². The predicted octanol–water partition coefficient (Wildman–Crippen LogP) is 0.729. The molecule has 2 saturated heterocycles. The Balaban J connectivity index is 1.68. The zero-order valence-corrected chi connectivity index (χ0v) is 18.2. The molecule has 0 saturated carbocycles. The maximum absolute atomic E-state index is 12.4. The molecule has 3 rings (SSSR count). The van der Waals surface area contributed by atoms with Gasteiger partial charge in [-0.2, -0.15) is 0 Å². The van der Waals surface area contributed by atoms with E-state index in [1.165, 1.54) is 18.0 Å². The highest BCUT2D eigenvalue weighted by molar-refractivity contribution is 9.26. The summed E-state index contributed by atoms with van der Waals surface area (Å²) in [5.74, 6) is -1.09. The van der Waals surface area contributed by atoms with Crippen molar-refractivity contribution in [3.8, 4) is 0 Å². The molecule has 2 amide bonds. The number of thioether (sulfide) groups is 1. The Hall–Kier alpha value is -1.14. The molecule has 0 aliphatic carbocycles. The van der Waals surface area contributed by atoms with Crippen LogP contribution in [-0.4, -0.2) is 70.7 Å². The third-order valence-corrected chi connectivity index (χ3v) is 8.22. The van der Waals surface area contributed by atoms with Gasteiger partial charge in [0, 0.05) is 4.75 Å². The Morgan fingerprint density at radius 1 is 1.42 bits per heavy atom. The fourth-order valence-corrected chi connectivity index (χ4v) is 5.86. The van der Waals surface area contributed by atoms with Crippen molar-refractivity contribution >= 4 is 61.4 Å². The average molecular weight is 511 g/mol. The lowest BCUT2D eigenvalue weighted by molar-refractivity contribution is -0.144. The summed E-state index contributed by atoms with van der Waals surface area (Å²) in [7, 11) is 1.24. The Morgan fingerprint density at radius 2 is 2.12 bits per heavy atom. The average Bonchev–Trinajstić information content (AvgIpc) is 3.15. The molecule has 1 N–H and O–H groups in total. The van der Waals surface area contributed by atoms with Gasteiger partial charge in [-0.1, -0.05) is 37.1 Å². The van der Waals surface area contributed by atoms with Crippen LogP contribution in [0, 0.1) is 0 Å². The second-order valence-corrected chi connectivity index (χ2v) is 11.8. The number of nitrogens with zero attached hydrogens (tertiary/aromatic N) is 4. The predicted molar refractivity (Wildman–Crippen MR) is 101 cm³/mol. The monoisotopic (exact) mass is 509 g/mol. The number of nitrogens with one attached hydrogen (secondary N) is 1. The van der Waals surface area contributed by atoms with Crippen LogP contribution in [0.15, 0.2) is 6.20 Å². The van der Waals surface area contributed by atoms with E-state index in [-0.39, 0.29) is 34.3 Å². The fourth-order valence-electron chi connectivity index (χ4n) is 2.92. The zero-order chi connectivity index (χ0) is 19.3. The minimum Gasteiger partial charge on any atom is -0.468 e. The van der Waals surface area contributed by atoms with Gasteiger partial charge >= 0.3 is 5.97 Å². The number of methoxy groups -OCH3 is 1. The van der Waals surface area contributed by atoms with Gasteiger partial charge in [-0.25, -0.2) is 4.68 Å². The van der Waals surface area contributed by atoms with E-state index in [4.69, 9.17) is 0 Å². The van der Waals surface area contributed by atoms with E-state index in [9.17, 15) is 14.4 Å². The zero-order valence-electron chi connectivity index (χ0n) is 14.2. The molecule has 0 spiro atoms. The molecule has 1 aromatic rings. The lowest BCUT2D eigenvalue weighted by atomic mass is 9.98. The molecule has 0 radical (unpaired) electrons. The van der Waals surface area contributed by atoms with E-state index >= 15 is 0 Å². The first-order valence-electron chi connectivity index (χ1n) is 7.71. The third-order valence-electron chi connectivity index (χ3n) is 4.39. The summed E-state index contributed by atoms with van der Waals surface area (Å²) in [5, 5.41) is 10.2. The molecule has 2 aliphatic heterocycles. The van der Waals surface area contributed by atoms with Crippen LogP contribution >= 0.6 is 43.6 Å². The van der Waals surface area contributed by atoms with Crippen LogP contribution in [0.1, 0.15) is 24.3 Å². The van der Waals surface area contributed by atoms with Crippen LogP contribution in [0.25, 0.3) is 0 Å². The minimum atomic E-state index is -0.724. The molecular formula is C14H17Br2N5O4S. The topological polar surface area (TPSA) is 106 Å². The second-order valence-electron chi connectivity index (χ2n) is 6.51. The first-order chi connectivity index (χ1) is 12.1. The number of hydrogen-bond donors (Lipinski definition) is 1. The van der Waals surface area contributed by atoms with E-state index in [2.05, 4.69) is 66.1 Å². The van der Waals surface area contributed by atoms with Crippen LogP contribution in [0.4, 0.5) is 0 Å². The molecule has 3 heterocycles. The molecule has 12 heteroatoms. The number of amides is 2. The minimum absolute atomic E-state index is 0.0126. The van der Waals surface area contributed by atoms with Crippen molar-refractivity contribution < 1.29 is 19.1 Å². The van der Waals surface area contributed by atoms with Crippen LogP contribution in [0.3, 0.4) is 0 Å². The molecule has 2 fully saturated rings. The molecular weight excluding hydrogens is 494 g/mol. The smallest absolute Gasteiger partial charge is 0.325 e. The van der Waals surface area contributed by atoms with Crippen LogP contribution in [0.2, 0.25) is 0 Å². The lowest BCUT2D eigenvalue weighted by Gasteiger charge is -2.47. The number of aromatic nitrogens is 3. The van der Waals surface area contributed by atoms with Gasteiger partial charge in [0.1, 0.15) is 11.9 Å². The summed E-state index contributed by atoms with van der Waals surface area (Å²) in [4.78, 5) is 37.3. The second kappa shape index (κ2) is 6.79. The van der Waals surface area contributed by atoms with Gasteiger partial charge in [-0.05, 0) is 13.8 Å². The number of carbonyl (C=O) groups is 3. The molecule has 26 heavy (non-hydrogen) atoms. The number of ether oxygens (including phenoxy) is 1. The van der Waals surface area contributed by atoms with Gasteiger partial charge < -0.3 is 15.0 Å². The summed E-state index contributed by atoms with van der Waals surface area (Å²) in [6.07, 6.45) is 1.50. The lowest BCUT2D eigenvalue weighted by Crippen LogP contribution is -2.67. The fraction of sp³-hybridized carbons (Fsp3) is 0.643. The first kappa shape index (κ1) is 19.6. The summed E-state index contributed by atoms with van der Waals surface area (Å²) < 4.78 is 5.09. The van der Waals surface area contributed by atoms with Crippen molar-refractivity contribution in [1.29, 1.82) is 0 Å². The third kappa shape index (κ3) is 3.26. The number of alkyl halides is 2. The van der Waals surface area contributed by atoms with E-state index < -0.39 is 15.1 Å². The SMILES string of the molecule is COC(=O)CNC(=O)c1cn(C[C@@H]2N3C(=O)C(Br)(Br)[C@H]3SC2(C)C)nn1. The maximum Gasteiger partial charge on any atom is 0.325 e. The van der Waals surface area contributed by atoms with Crippen molar-refractivity contribution in [3.63, 3.8) is 0 Å². The molecule has 0 aromatic carbocycles. The van der Waals surface area contributed by atoms with Crippen molar-refractivity contribution in [2.75, 3.05) is 13.7 Å². The molecule has 0 bridgehead atoms. The number of rotatable bonds is 5. The highest BCUT2D eigenvalue weighted by atomic mass is 79.9. The molecule has 1 aromatic heterocycles. The highest BCUT2D eigenvalue weighted by Gasteiger charge is 2.68. The number of carbonyl (C=O) groups excluding carboxylic acids is 3. The summed E-state index contributed by atoms with van der Waals surface area (Å²) in [6, 6.07) is -0.0964. The van der Waals surface area contributed by atoms with Gasteiger partial charge in [0.15, 0.2) is 8.93 Å². The number of halogens is 2. The van der Waals surface area contributed by atoms with E-state index in [0.717, 1.165) is 0 Å². The van der Waals surface area contributed by atoms with Crippen LogP contribution in [0.5, 0.6) is 0 Å². The Labute approximate surface area is 170 Å². The number of β-lactam (4-membered cyclic amide) rings is 1. The van der Waals surface area contributed by atoms with Crippen molar-refractivity contribution in [3.05, 3.63) is 11.9 Å². The Bertz CT molecular complexity index is 768. The molecule has 2 aliphatic rings. The Kier molecular flexibility index (Phi) is 5.12. The van der Waals surface area contributed by atoms with Crippen LogP contribution < -0.4 is 5.32 Å². The normalized spacial score (nSPS) is 25.4. The summed E-state index contributed by atoms with van der Waals surface area (Å²) in [5.41, 5.74) is 0.0965. The standard InChI is InChI=1S/C14H17Br2N5O4S/c1-13(2)8(21-11(24)14(15,16)12(21)26-13)6-20-5-7(18-19-20)10(23)17-4-9(22)25-3/h5,8,12H,4,6H2,1-3H3,(H,17,23)/t8-,12+/m0/s1. The van der Waals surface area contributed by atoms with Crippen molar-refractivity contribution in [2.24, 2.45) is 0 Å². The molecule has 9 nitrogen and oxygen atoms in total. The van der Waals surface area contributed by atoms with Gasteiger partial charge in [0.25, 0.3) is 11.8 Å². The summed E-state index contributed by atoms with van der Waals surface area (Å²) >= 11 is 8.58. The first-order valence-corrected chi connectivity index (χ1v) is 10.2. The molecule has 2 atom stereocenters. The van der Waals surface area contributed by atoms with Gasteiger partial charge in [0.05, 0.1) is 25.9 Å². The quantitative estimate of drug-likeness (QED) is 0.353. The van der Waals surface area contributed by atoms with E-state index in [0.29, 0.717) is 6.54 Å². The molecule has 142 valence electrons. The maximum atomic E-state index is 12.4. The molecule has 0 unspecified atom stereocenters. The Morgan fingerprint density at radius 3 is 2.77 bits per heavy atom. The number of esters is 1. The van der Waals surface area contributed by atoms with Crippen LogP contribution in [-0.2, 0) is 20.9 Å². The highest BCUT2D eigenvalue weighted by Crippen LogP contribution is 2.60. The number of fused-ring (bicyclic) bond motifs is 1. The van der Waals surface area contributed by atoms with E-state index in [1.807, 2.05) is 4.90 Å². The van der Waals surface area contributed by atoms with Gasteiger partial charge in [0.2, 0.25) is 0 Å². The van der Waals surface area contributed by atoms with Gasteiger partial charge in [-0.15, -0.1) is 16.9 Å². The van der Waals surface area contributed by atoms with E-state index in [1.54, 1.807) is 11.8 Å². The number of hydrogen-bond acceptors (Lipinski definition) is 7. The largest absolute Gasteiger partial charge is 0.468 e.